The van der Waals surface area contributed by atoms with Gasteiger partial charge in [-0.1, -0.05) is 30.4 Å². The van der Waals surface area contributed by atoms with Gasteiger partial charge in [0.2, 0.25) is 0 Å². The van der Waals surface area contributed by atoms with Crippen molar-refractivity contribution in [3.63, 3.8) is 0 Å². The second kappa shape index (κ2) is 5.22. The molecule has 0 unspecified atom stereocenters. The Bertz CT molecular complexity index is 812. The maximum atomic E-state index is 12.4. The number of H-pyrrole nitrogens is 1. The minimum absolute atomic E-state index is 0.181. The van der Waals surface area contributed by atoms with Crippen LogP contribution in [0.2, 0.25) is 0 Å². The number of nitrogens with one attached hydrogen (secondary N) is 1. The average molecular weight is 279 g/mol. The first-order chi connectivity index (χ1) is 10.2. The summed E-state index contributed by atoms with van der Waals surface area (Å²) in [5.74, 6) is 5.22. The van der Waals surface area contributed by atoms with Crippen LogP contribution in [0.1, 0.15) is 10.4 Å². The van der Waals surface area contributed by atoms with Crippen LogP contribution in [0, 0.1) is 0 Å². The molecule has 0 spiro atoms. The van der Waals surface area contributed by atoms with E-state index in [0.717, 1.165) is 15.9 Å². The van der Waals surface area contributed by atoms with Crippen LogP contribution in [-0.4, -0.2) is 21.7 Å². The zero-order valence-corrected chi connectivity index (χ0v) is 11.1. The van der Waals surface area contributed by atoms with Gasteiger partial charge in [-0.05, 0) is 18.2 Å². The molecule has 104 valence electrons. The van der Waals surface area contributed by atoms with Gasteiger partial charge in [0.15, 0.2) is 5.78 Å². The lowest BCUT2D eigenvalue weighted by atomic mass is 10.1. The largest absolute Gasteiger partial charge is 0.360 e. The summed E-state index contributed by atoms with van der Waals surface area (Å²) in [5.41, 5.74) is 1.69. The van der Waals surface area contributed by atoms with Crippen molar-refractivity contribution in [2.75, 3.05) is 0 Å². The number of para-hydroxylation sites is 1. The molecule has 5 nitrogen and oxygen atoms in total. The van der Waals surface area contributed by atoms with Crippen LogP contribution in [-0.2, 0) is 4.79 Å². The Morgan fingerprint density at radius 3 is 2.76 bits per heavy atom. The van der Waals surface area contributed by atoms with E-state index >= 15 is 0 Å². The Balaban J connectivity index is 1.91. The first-order valence-electron chi connectivity index (χ1n) is 6.42. The van der Waals surface area contributed by atoms with Gasteiger partial charge in [0, 0.05) is 28.9 Å². The molecule has 1 heterocycles. The number of hydrazine groups is 1. The second-order valence-electron chi connectivity index (χ2n) is 4.63. The monoisotopic (exact) mass is 279 g/mol. The van der Waals surface area contributed by atoms with Crippen LogP contribution in [0.3, 0.4) is 0 Å². The van der Waals surface area contributed by atoms with Gasteiger partial charge < -0.3 is 4.98 Å². The third kappa shape index (κ3) is 2.42. The highest BCUT2D eigenvalue weighted by Crippen LogP contribution is 2.19. The molecule has 0 aliphatic heterocycles. The van der Waals surface area contributed by atoms with Gasteiger partial charge in [-0.25, -0.2) is 5.84 Å². The third-order valence-corrected chi connectivity index (χ3v) is 3.25. The van der Waals surface area contributed by atoms with E-state index in [4.69, 9.17) is 5.84 Å². The van der Waals surface area contributed by atoms with Gasteiger partial charge in [-0.3, -0.25) is 14.6 Å². The zero-order chi connectivity index (χ0) is 14.8. The van der Waals surface area contributed by atoms with E-state index in [1.165, 1.54) is 12.3 Å². The summed E-state index contributed by atoms with van der Waals surface area (Å²) < 4.78 is 0. The summed E-state index contributed by atoms with van der Waals surface area (Å²) in [4.78, 5) is 27.0. The smallest absolute Gasteiger partial charge is 0.274 e. The van der Waals surface area contributed by atoms with Gasteiger partial charge in [0.05, 0.1) is 5.56 Å². The summed E-state index contributed by atoms with van der Waals surface area (Å²) in [5, 5.41) is 1.73. The lowest BCUT2D eigenvalue weighted by Gasteiger charge is -2.13. The van der Waals surface area contributed by atoms with Crippen molar-refractivity contribution < 1.29 is 9.59 Å². The molecule has 21 heavy (non-hydrogen) atoms. The molecule has 0 radical (unpaired) electrons. The van der Waals surface area contributed by atoms with Gasteiger partial charge in [-0.15, -0.1) is 0 Å². The number of nitrogens with zero attached hydrogens (tertiary/aromatic N) is 1. The van der Waals surface area contributed by atoms with Crippen molar-refractivity contribution in [3.05, 3.63) is 72.1 Å². The molecule has 0 atom stereocenters. The van der Waals surface area contributed by atoms with Crippen LogP contribution in [0.25, 0.3) is 10.9 Å². The lowest BCUT2D eigenvalue weighted by molar-refractivity contribution is -0.111. The van der Waals surface area contributed by atoms with Crippen LogP contribution in [0.4, 0.5) is 0 Å². The fraction of sp³-hybridized carbons (Fsp3) is 0. The Labute approximate surface area is 121 Å². The number of allylic oxidation sites excluding steroid dienone is 5. The summed E-state index contributed by atoms with van der Waals surface area (Å²) in [6, 6.07) is 7.45. The molecule has 1 amide bonds. The van der Waals surface area contributed by atoms with Crippen LogP contribution < -0.4 is 5.84 Å². The Morgan fingerprint density at radius 2 is 1.95 bits per heavy atom. The van der Waals surface area contributed by atoms with Gasteiger partial charge in [0.25, 0.3) is 5.91 Å². The number of benzene rings is 1. The maximum absolute atomic E-state index is 12.4. The van der Waals surface area contributed by atoms with E-state index in [9.17, 15) is 9.59 Å². The number of aromatic amines is 1. The minimum atomic E-state index is -0.379. The number of hydrogen-bond acceptors (Lipinski definition) is 3. The number of carbonyl (C=O) groups is 2. The SMILES string of the molecule is NN(C=C1C=CC=CC1=O)C(=O)c1c[nH]c2ccccc12. The maximum Gasteiger partial charge on any atom is 0.274 e. The van der Waals surface area contributed by atoms with E-state index in [0.29, 0.717) is 11.1 Å². The van der Waals surface area contributed by atoms with Crippen LogP contribution >= 0.6 is 0 Å². The molecular weight excluding hydrogens is 266 g/mol. The number of aromatic nitrogens is 1. The topological polar surface area (TPSA) is 79.2 Å². The lowest BCUT2D eigenvalue weighted by Crippen LogP contribution is -2.33. The van der Waals surface area contributed by atoms with E-state index < -0.39 is 0 Å². The zero-order valence-electron chi connectivity index (χ0n) is 11.1. The van der Waals surface area contributed by atoms with E-state index in [1.807, 2.05) is 24.3 Å². The van der Waals surface area contributed by atoms with Crippen molar-refractivity contribution in [2.45, 2.75) is 0 Å². The predicted octanol–water partition coefficient (Wildman–Crippen LogP) is 2.06. The number of ketones is 1. The number of fused-ring (bicyclic) bond motifs is 1. The first-order valence-corrected chi connectivity index (χ1v) is 6.42. The van der Waals surface area contributed by atoms with Gasteiger partial charge >= 0.3 is 0 Å². The number of carbonyl (C=O) groups excluding carboxylic acids is 2. The highest BCUT2D eigenvalue weighted by Gasteiger charge is 2.17. The molecule has 0 fully saturated rings. The summed E-state index contributed by atoms with van der Waals surface area (Å²) in [7, 11) is 0. The van der Waals surface area contributed by atoms with Crippen molar-refractivity contribution >= 4 is 22.6 Å². The van der Waals surface area contributed by atoms with E-state index in [-0.39, 0.29) is 11.7 Å². The Kier molecular flexibility index (Phi) is 3.25. The first kappa shape index (κ1) is 13.1. The van der Waals surface area contributed by atoms with Crippen LogP contribution in [0.5, 0.6) is 0 Å². The average Bonchev–Trinajstić information content (AvgIpc) is 2.92. The standard InChI is InChI=1S/C16H13N3O2/c17-19(10-11-5-1-4-8-15(11)20)16(21)13-9-18-14-7-3-2-6-12(13)14/h1-10,18H,17H2. The van der Waals surface area contributed by atoms with Crippen molar-refractivity contribution in [1.82, 2.24) is 9.99 Å². The molecule has 0 saturated carbocycles. The fourth-order valence-electron chi connectivity index (χ4n) is 2.18. The molecular formula is C16H13N3O2. The van der Waals surface area contributed by atoms with E-state index in [1.54, 1.807) is 24.4 Å². The molecule has 2 aromatic rings. The minimum Gasteiger partial charge on any atom is -0.360 e. The third-order valence-electron chi connectivity index (χ3n) is 3.25. The molecule has 1 aliphatic carbocycles. The fourth-order valence-corrected chi connectivity index (χ4v) is 2.18. The molecule has 1 aromatic heterocycles. The molecule has 5 heteroatoms. The number of amides is 1. The highest BCUT2D eigenvalue weighted by atomic mass is 16.2. The summed E-state index contributed by atoms with van der Waals surface area (Å²) >= 11 is 0. The quantitative estimate of drug-likeness (QED) is 0.382. The Hall–Kier alpha value is -2.92. The van der Waals surface area contributed by atoms with Crippen molar-refractivity contribution in [3.8, 4) is 0 Å². The second-order valence-corrected chi connectivity index (χ2v) is 4.63. The molecule has 1 aromatic carbocycles. The number of hydrogen-bond donors (Lipinski definition) is 2. The summed E-state index contributed by atoms with van der Waals surface area (Å²) in [6.07, 6.45) is 9.36. The van der Waals surface area contributed by atoms with Gasteiger partial charge in [-0.2, -0.15) is 0 Å². The van der Waals surface area contributed by atoms with Crippen molar-refractivity contribution in [2.24, 2.45) is 5.84 Å². The molecule has 3 N–H and O–H groups in total. The molecule has 1 aliphatic rings. The molecule has 3 rings (SSSR count). The molecule has 0 saturated heterocycles. The van der Waals surface area contributed by atoms with Crippen LogP contribution in [0.15, 0.2) is 66.5 Å². The molecule has 0 bridgehead atoms. The summed E-state index contributed by atoms with van der Waals surface area (Å²) in [6.45, 7) is 0. The van der Waals surface area contributed by atoms with Crippen molar-refractivity contribution in [1.29, 1.82) is 0 Å². The normalized spacial score (nSPS) is 15.9. The van der Waals surface area contributed by atoms with E-state index in [2.05, 4.69) is 4.98 Å². The highest BCUT2D eigenvalue weighted by molar-refractivity contribution is 6.09. The Morgan fingerprint density at radius 1 is 1.19 bits per heavy atom. The number of rotatable bonds is 2. The van der Waals surface area contributed by atoms with Gasteiger partial charge in [0.1, 0.15) is 0 Å². The number of nitrogens with two attached hydrogens (primary N) is 1. The predicted molar refractivity (Wildman–Crippen MR) is 80.0 cm³/mol.